The van der Waals surface area contributed by atoms with E-state index in [-0.39, 0.29) is 18.4 Å². The van der Waals surface area contributed by atoms with Crippen molar-refractivity contribution in [2.45, 2.75) is 18.9 Å². The molecule has 15 heavy (non-hydrogen) atoms. The van der Waals surface area contributed by atoms with Crippen molar-refractivity contribution in [3.8, 4) is 0 Å². The zero-order chi connectivity index (χ0) is 11.7. The van der Waals surface area contributed by atoms with Gasteiger partial charge in [-0.2, -0.15) is 0 Å². The van der Waals surface area contributed by atoms with Crippen molar-refractivity contribution in [1.29, 1.82) is 5.41 Å². The van der Waals surface area contributed by atoms with Gasteiger partial charge in [0, 0.05) is 6.54 Å². The fourth-order valence-corrected chi connectivity index (χ4v) is 0.985. The molecule has 0 aromatic heterocycles. The normalized spacial score (nSPS) is 11.5. The van der Waals surface area contributed by atoms with E-state index in [0.717, 1.165) is 0 Å². The van der Waals surface area contributed by atoms with Crippen LogP contribution in [-0.4, -0.2) is 37.3 Å². The molecule has 0 aliphatic rings. The van der Waals surface area contributed by atoms with E-state index in [1.54, 1.807) is 0 Å². The highest BCUT2D eigenvalue weighted by atomic mass is 16.2. The van der Waals surface area contributed by atoms with Gasteiger partial charge in [0.2, 0.25) is 5.91 Å². The minimum atomic E-state index is -0.519. The largest absolute Gasteiger partial charge is 0.370 e. The van der Waals surface area contributed by atoms with Crippen molar-refractivity contribution in [3.63, 3.8) is 0 Å². The average Bonchev–Trinajstić information content (AvgIpc) is 2.21. The molecule has 0 aromatic carbocycles. The lowest BCUT2D eigenvalue weighted by Crippen LogP contribution is -2.40. The minimum Gasteiger partial charge on any atom is -0.370 e. The fraction of sp³-hybridized carbons (Fsp3) is 0.625. The summed E-state index contributed by atoms with van der Waals surface area (Å²) in [5.41, 5.74) is 10.1. The van der Waals surface area contributed by atoms with Crippen molar-refractivity contribution >= 4 is 18.2 Å². The van der Waals surface area contributed by atoms with E-state index in [1.165, 1.54) is 0 Å². The Balaban J connectivity index is 3.66. The Kier molecular flexibility index (Phi) is 6.90. The maximum Gasteiger partial charge on any atom is 0.234 e. The standard InChI is InChI=1S/C8H17N5O2/c9-4-7(15)13-6(5-14)2-1-3-12-8(10)11/h5-6H,1-4,9H2,(H,13,15)(H4,10,11,12)/t6-/m1/s1. The molecule has 86 valence electrons. The van der Waals surface area contributed by atoms with E-state index in [4.69, 9.17) is 16.9 Å². The Labute approximate surface area is 88.1 Å². The van der Waals surface area contributed by atoms with Gasteiger partial charge >= 0.3 is 0 Å². The van der Waals surface area contributed by atoms with Crippen LogP contribution in [0.2, 0.25) is 0 Å². The van der Waals surface area contributed by atoms with Gasteiger partial charge in [-0.25, -0.2) is 0 Å². The first-order valence-corrected chi connectivity index (χ1v) is 4.62. The lowest BCUT2D eigenvalue weighted by Gasteiger charge is -2.11. The summed E-state index contributed by atoms with van der Waals surface area (Å²) in [5, 5.41) is 11.9. The number of aldehydes is 1. The third-order valence-electron chi connectivity index (χ3n) is 1.70. The second-order valence-electron chi connectivity index (χ2n) is 3.00. The maximum atomic E-state index is 10.9. The van der Waals surface area contributed by atoms with Gasteiger partial charge < -0.3 is 26.9 Å². The lowest BCUT2D eigenvalue weighted by molar-refractivity contribution is -0.122. The first-order valence-electron chi connectivity index (χ1n) is 4.62. The van der Waals surface area contributed by atoms with Crippen molar-refractivity contribution in [3.05, 3.63) is 0 Å². The molecule has 0 aliphatic heterocycles. The number of carbonyl (C=O) groups excluding carboxylic acids is 2. The summed E-state index contributed by atoms with van der Waals surface area (Å²) in [7, 11) is 0. The highest BCUT2D eigenvalue weighted by Gasteiger charge is 2.09. The predicted molar refractivity (Wildman–Crippen MR) is 56.2 cm³/mol. The van der Waals surface area contributed by atoms with Crippen LogP contribution in [-0.2, 0) is 9.59 Å². The van der Waals surface area contributed by atoms with Gasteiger partial charge in [-0.05, 0) is 12.8 Å². The Morgan fingerprint density at radius 3 is 2.67 bits per heavy atom. The zero-order valence-corrected chi connectivity index (χ0v) is 8.45. The van der Waals surface area contributed by atoms with Crippen molar-refractivity contribution in [2.24, 2.45) is 11.5 Å². The molecule has 0 fully saturated rings. The van der Waals surface area contributed by atoms with Gasteiger partial charge in [0.25, 0.3) is 0 Å². The number of hydrogen-bond donors (Lipinski definition) is 5. The summed E-state index contributed by atoms with van der Waals surface area (Å²) in [4.78, 5) is 21.4. The molecule has 0 heterocycles. The molecule has 0 saturated carbocycles. The highest BCUT2D eigenvalue weighted by molar-refractivity contribution is 5.81. The summed E-state index contributed by atoms with van der Waals surface area (Å²) >= 11 is 0. The van der Waals surface area contributed by atoms with Crippen LogP contribution in [0.15, 0.2) is 0 Å². The molecule has 7 nitrogen and oxygen atoms in total. The molecule has 1 amide bonds. The van der Waals surface area contributed by atoms with E-state index < -0.39 is 6.04 Å². The summed E-state index contributed by atoms with van der Waals surface area (Å²) in [5.74, 6) is -0.463. The second kappa shape index (κ2) is 7.74. The number of nitrogens with two attached hydrogens (primary N) is 2. The van der Waals surface area contributed by atoms with Crippen LogP contribution in [0.3, 0.4) is 0 Å². The van der Waals surface area contributed by atoms with E-state index >= 15 is 0 Å². The molecule has 0 bridgehead atoms. The molecule has 0 unspecified atom stereocenters. The molecule has 7 N–H and O–H groups in total. The van der Waals surface area contributed by atoms with Crippen LogP contribution in [0.4, 0.5) is 0 Å². The smallest absolute Gasteiger partial charge is 0.234 e. The third kappa shape index (κ3) is 7.44. The van der Waals surface area contributed by atoms with E-state index in [1.807, 2.05) is 0 Å². The number of rotatable bonds is 7. The number of amides is 1. The third-order valence-corrected chi connectivity index (χ3v) is 1.70. The number of nitrogens with one attached hydrogen (secondary N) is 3. The van der Waals surface area contributed by atoms with Gasteiger partial charge in [0.1, 0.15) is 6.29 Å². The van der Waals surface area contributed by atoms with Crippen LogP contribution in [0.5, 0.6) is 0 Å². The topological polar surface area (TPSA) is 134 Å². The molecule has 0 radical (unpaired) electrons. The molecule has 0 aromatic rings. The summed E-state index contributed by atoms with van der Waals surface area (Å²) in [6.45, 7) is 0.369. The Hall–Kier alpha value is -1.63. The molecule has 7 heteroatoms. The van der Waals surface area contributed by atoms with Gasteiger partial charge in [-0.3, -0.25) is 10.2 Å². The van der Waals surface area contributed by atoms with Crippen LogP contribution >= 0.6 is 0 Å². The summed E-state index contributed by atoms with van der Waals surface area (Å²) < 4.78 is 0. The molecule has 1 atom stereocenters. The molecule has 0 spiro atoms. The van der Waals surface area contributed by atoms with Crippen LogP contribution in [0.1, 0.15) is 12.8 Å². The first kappa shape index (κ1) is 13.4. The predicted octanol–water partition coefficient (Wildman–Crippen LogP) is -2.11. The van der Waals surface area contributed by atoms with Gasteiger partial charge in [0.05, 0.1) is 12.6 Å². The molecular formula is C8H17N5O2. The average molecular weight is 215 g/mol. The first-order chi connectivity index (χ1) is 7.10. The molecule has 0 aliphatic carbocycles. The van der Waals surface area contributed by atoms with Crippen LogP contribution in [0, 0.1) is 5.41 Å². The van der Waals surface area contributed by atoms with Crippen LogP contribution in [0.25, 0.3) is 0 Å². The SMILES string of the molecule is N=C(N)NCCC[C@H](C=O)NC(=O)CN. The zero-order valence-electron chi connectivity index (χ0n) is 8.45. The van der Waals surface area contributed by atoms with Gasteiger partial charge in [-0.1, -0.05) is 0 Å². The van der Waals surface area contributed by atoms with Crippen LogP contribution < -0.4 is 22.1 Å². The minimum absolute atomic E-state index is 0.108. The summed E-state index contributed by atoms with van der Waals surface area (Å²) in [6.07, 6.45) is 1.80. The summed E-state index contributed by atoms with van der Waals surface area (Å²) in [6, 6.07) is -0.519. The van der Waals surface area contributed by atoms with Crippen molar-refractivity contribution < 1.29 is 9.59 Å². The van der Waals surface area contributed by atoms with E-state index in [9.17, 15) is 9.59 Å². The fourth-order valence-electron chi connectivity index (χ4n) is 0.985. The second-order valence-corrected chi connectivity index (χ2v) is 3.00. The molecular weight excluding hydrogens is 198 g/mol. The quantitative estimate of drug-likeness (QED) is 0.143. The van der Waals surface area contributed by atoms with Gasteiger partial charge in [0.15, 0.2) is 5.96 Å². The number of guanidine groups is 1. The molecule has 0 saturated heterocycles. The Morgan fingerprint density at radius 2 is 2.20 bits per heavy atom. The van der Waals surface area contributed by atoms with E-state index in [0.29, 0.717) is 25.7 Å². The van der Waals surface area contributed by atoms with Crippen molar-refractivity contribution in [2.75, 3.05) is 13.1 Å². The number of hydrogen-bond acceptors (Lipinski definition) is 4. The molecule has 0 rings (SSSR count). The van der Waals surface area contributed by atoms with Gasteiger partial charge in [-0.15, -0.1) is 0 Å². The van der Waals surface area contributed by atoms with Crippen molar-refractivity contribution in [1.82, 2.24) is 10.6 Å². The van der Waals surface area contributed by atoms with E-state index in [2.05, 4.69) is 10.6 Å². The Morgan fingerprint density at radius 1 is 1.53 bits per heavy atom. The number of carbonyl (C=O) groups is 2. The lowest BCUT2D eigenvalue weighted by atomic mass is 10.2. The monoisotopic (exact) mass is 215 g/mol. The highest BCUT2D eigenvalue weighted by Crippen LogP contribution is 1.93. The Bertz CT molecular complexity index is 231. The maximum absolute atomic E-state index is 10.9.